The van der Waals surface area contributed by atoms with Gasteiger partial charge >= 0.3 is 0 Å². The lowest BCUT2D eigenvalue weighted by atomic mass is 10.4. The van der Waals surface area contributed by atoms with E-state index in [9.17, 15) is 0 Å². The topological polar surface area (TPSA) is 48.1 Å². The first-order valence-electron chi connectivity index (χ1n) is 2.70. The minimum atomic E-state index is 0.277. The predicted octanol–water partition coefficient (Wildman–Crippen LogP) is 1.33. The lowest BCUT2D eigenvalue weighted by Gasteiger charge is -1.99. The number of aromatic nitrogens is 1. The summed E-state index contributed by atoms with van der Waals surface area (Å²) in [6.45, 7) is 0. The lowest BCUT2D eigenvalue weighted by molar-refractivity contribution is 0.398. The van der Waals surface area contributed by atoms with E-state index in [1.807, 2.05) is 0 Å². The number of nitrogen functional groups attached to an aromatic ring is 1. The highest BCUT2D eigenvalue weighted by atomic mass is 35.5. The van der Waals surface area contributed by atoms with Crippen LogP contribution in [0.5, 0.6) is 5.88 Å². The van der Waals surface area contributed by atoms with Crippen LogP contribution in [0.15, 0.2) is 12.1 Å². The standard InChI is InChI=1S/C6H7ClN2O/c1-10-5-3-2-4(8)6(7)9-5/h2-3H,8H2,1H3. The molecule has 2 N–H and O–H groups in total. The van der Waals surface area contributed by atoms with Gasteiger partial charge in [-0.3, -0.25) is 0 Å². The summed E-state index contributed by atoms with van der Waals surface area (Å²) in [6, 6.07) is 3.30. The molecular weight excluding hydrogens is 152 g/mol. The van der Waals surface area contributed by atoms with Crippen molar-refractivity contribution in [2.45, 2.75) is 0 Å². The van der Waals surface area contributed by atoms with E-state index in [0.29, 0.717) is 11.6 Å². The summed E-state index contributed by atoms with van der Waals surface area (Å²) >= 11 is 5.58. The van der Waals surface area contributed by atoms with Gasteiger partial charge in [-0.05, 0) is 6.07 Å². The molecule has 54 valence electrons. The maximum Gasteiger partial charge on any atom is 0.214 e. The SMILES string of the molecule is COc1ccc(N)c(Cl)n1. The first-order valence-corrected chi connectivity index (χ1v) is 3.08. The van der Waals surface area contributed by atoms with Crippen molar-refractivity contribution in [2.75, 3.05) is 12.8 Å². The van der Waals surface area contributed by atoms with Gasteiger partial charge in [0.15, 0.2) is 5.15 Å². The van der Waals surface area contributed by atoms with Crippen molar-refractivity contribution in [3.8, 4) is 5.88 Å². The molecule has 0 aromatic carbocycles. The summed E-state index contributed by atoms with van der Waals surface area (Å²) in [5.41, 5.74) is 5.85. The zero-order valence-corrected chi connectivity index (χ0v) is 6.22. The summed E-state index contributed by atoms with van der Waals surface area (Å²) in [5, 5.41) is 0.277. The molecule has 0 saturated heterocycles. The number of rotatable bonds is 1. The number of halogens is 1. The van der Waals surface area contributed by atoms with Gasteiger partial charge in [0.05, 0.1) is 12.8 Å². The number of anilines is 1. The third-order valence-electron chi connectivity index (χ3n) is 1.06. The van der Waals surface area contributed by atoms with Crippen molar-refractivity contribution in [1.82, 2.24) is 4.98 Å². The fourth-order valence-electron chi connectivity index (χ4n) is 0.542. The van der Waals surface area contributed by atoms with Crippen LogP contribution in [0.4, 0.5) is 5.69 Å². The Hall–Kier alpha value is -0.960. The normalized spacial score (nSPS) is 9.40. The largest absolute Gasteiger partial charge is 0.481 e. The average molecular weight is 159 g/mol. The number of ether oxygens (including phenoxy) is 1. The summed E-state index contributed by atoms with van der Waals surface area (Å²) in [4.78, 5) is 3.81. The van der Waals surface area contributed by atoms with Gasteiger partial charge in [-0.2, -0.15) is 4.98 Å². The maximum atomic E-state index is 5.58. The third kappa shape index (κ3) is 1.30. The molecule has 0 atom stereocenters. The third-order valence-corrected chi connectivity index (χ3v) is 1.36. The summed E-state index contributed by atoms with van der Waals surface area (Å²) in [5.74, 6) is 0.471. The Morgan fingerprint density at radius 2 is 2.30 bits per heavy atom. The monoisotopic (exact) mass is 158 g/mol. The van der Waals surface area contributed by atoms with Gasteiger partial charge in [-0.15, -0.1) is 0 Å². The molecule has 0 amide bonds. The zero-order chi connectivity index (χ0) is 7.56. The van der Waals surface area contributed by atoms with Crippen LogP contribution >= 0.6 is 11.6 Å². The fourth-order valence-corrected chi connectivity index (χ4v) is 0.688. The molecule has 0 bridgehead atoms. The molecule has 1 heterocycles. The predicted molar refractivity (Wildman–Crippen MR) is 40.2 cm³/mol. The van der Waals surface area contributed by atoms with E-state index < -0.39 is 0 Å². The Bertz CT molecular complexity index is 239. The van der Waals surface area contributed by atoms with E-state index in [2.05, 4.69) is 4.98 Å². The molecule has 3 nitrogen and oxygen atoms in total. The molecule has 0 radical (unpaired) electrons. The van der Waals surface area contributed by atoms with Crippen molar-refractivity contribution in [1.29, 1.82) is 0 Å². The lowest BCUT2D eigenvalue weighted by Crippen LogP contribution is -1.91. The number of hydrogen-bond donors (Lipinski definition) is 1. The Kier molecular flexibility index (Phi) is 1.97. The Morgan fingerprint density at radius 3 is 2.80 bits per heavy atom. The molecule has 0 aliphatic carbocycles. The van der Waals surface area contributed by atoms with Crippen molar-refractivity contribution in [3.05, 3.63) is 17.3 Å². The highest BCUT2D eigenvalue weighted by molar-refractivity contribution is 6.31. The molecule has 0 unspecified atom stereocenters. The zero-order valence-electron chi connectivity index (χ0n) is 5.47. The van der Waals surface area contributed by atoms with E-state index in [-0.39, 0.29) is 5.15 Å². The van der Waals surface area contributed by atoms with E-state index in [4.69, 9.17) is 22.1 Å². The van der Waals surface area contributed by atoms with Gasteiger partial charge < -0.3 is 10.5 Å². The Morgan fingerprint density at radius 1 is 1.60 bits per heavy atom. The fraction of sp³-hybridized carbons (Fsp3) is 0.167. The molecule has 1 aromatic rings. The van der Waals surface area contributed by atoms with Gasteiger partial charge in [-0.1, -0.05) is 11.6 Å². The molecule has 4 heteroatoms. The molecule has 0 saturated carbocycles. The van der Waals surface area contributed by atoms with Crippen molar-refractivity contribution >= 4 is 17.3 Å². The highest BCUT2D eigenvalue weighted by Crippen LogP contribution is 2.18. The summed E-state index contributed by atoms with van der Waals surface area (Å²) in [6.07, 6.45) is 0. The van der Waals surface area contributed by atoms with Gasteiger partial charge in [0.1, 0.15) is 0 Å². The number of nitrogens with zero attached hydrogens (tertiary/aromatic N) is 1. The average Bonchev–Trinajstić information content (AvgIpc) is 1.95. The second-order valence-corrected chi connectivity index (χ2v) is 2.09. The Balaban J connectivity index is 3.04. The first-order chi connectivity index (χ1) is 4.74. The second kappa shape index (κ2) is 2.75. The molecule has 0 fully saturated rings. The smallest absolute Gasteiger partial charge is 0.214 e. The minimum absolute atomic E-state index is 0.277. The summed E-state index contributed by atoms with van der Waals surface area (Å²) < 4.78 is 4.80. The second-order valence-electron chi connectivity index (χ2n) is 1.73. The number of nitrogens with two attached hydrogens (primary N) is 1. The Labute approximate surface area is 63.8 Å². The van der Waals surface area contributed by atoms with Crippen LogP contribution in [-0.4, -0.2) is 12.1 Å². The van der Waals surface area contributed by atoms with Crippen LogP contribution in [0.2, 0.25) is 5.15 Å². The van der Waals surface area contributed by atoms with Gasteiger partial charge in [-0.25, -0.2) is 0 Å². The van der Waals surface area contributed by atoms with E-state index >= 15 is 0 Å². The van der Waals surface area contributed by atoms with E-state index in [1.165, 1.54) is 7.11 Å². The number of methoxy groups -OCH3 is 1. The molecule has 0 aliphatic heterocycles. The van der Waals surface area contributed by atoms with E-state index in [0.717, 1.165) is 0 Å². The van der Waals surface area contributed by atoms with Crippen LogP contribution in [0, 0.1) is 0 Å². The van der Waals surface area contributed by atoms with Crippen LogP contribution in [0.25, 0.3) is 0 Å². The summed E-state index contributed by atoms with van der Waals surface area (Å²) in [7, 11) is 1.52. The van der Waals surface area contributed by atoms with Gasteiger partial charge in [0.2, 0.25) is 5.88 Å². The van der Waals surface area contributed by atoms with Crippen molar-refractivity contribution in [2.24, 2.45) is 0 Å². The maximum absolute atomic E-state index is 5.58. The molecular formula is C6H7ClN2O. The van der Waals surface area contributed by atoms with Gasteiger partial charge in [0.25, 0.3) is 0 Å². The van der Waals surface area contributed by atoms with Gasteiger partial charge in [0, 0.05) is 6.07 Å². The van der Waals surface area contributed by atoms with Crippen LogP contribution in [0.1, 0.15) is 0 Å². The minimum Gasteiger partial charge on any atom is -0.481 e. The molecule has 10 heavy (non-hydrogen) atoms. The van der Waals surface area contributed by atoms with Crippen molar-refractivity contribution in [3.63, 3.8) is 0 Å². The van der Waals surface area contributed by atoms with E-state index in [1.54, 1.807) is 12.1 Å². The first kappa shape index (κ1) is 7.15. The van der Waals surface area contributed by atoms with Crippen LogP contribution in [-0.2, 0) is 0 Å². The molecule has 0 spiro atoms. The molecule has 0 aliphatic rings. The van der Waals surface area contributed by atoms with Crippen molar-refractivity contribution < 1.29 is 4.74 Å². The number of pyridine rings is 1. The van der Waals surface area contributed by atoms with Crippen LogP contribution in [0.3, 0.4) is 0 Å². The van der Waals surface area contributed by atoms with Crippen LogP contribution < -0.4 is 10.5 Å². The molecule has 1 rings (SSSR count). The molecule has 1 aromatic heterocycles. The quantitative estimate of drug-likeness (QED) is 0.628. The highest BCUT2D eigenvalue weighted by Gasteiger charge is 1.97. The number of hydrogen-bond acceptors (Lipinski definition) is 3.